The smallest absolute Gasteiger partial charge is 0.410 e. The molecule has 0 saturated carbocycles. The van der Waals surface area contributed by atoms with Crippen molar-refractivity contribution in [3.05, 3.63) is 23.9 Å². The van der Waals surface area contributed by atoms with E-state index in [1.165, 1.54) is 0 Å². The average molecular weight is 316 g/mol. The number of carbonyl (C=O) groups is 1. The van der Waals surface area contributed by atoms with Gasteiger partial charge in [0.2, 0.25) is 0 Å². The van der Waals surface area contributed by atoms with Gasteiger partial charge in [-0.2, -0.15) is 5.26 Å². The van der Waals surface area contributed by atoms with E-state index in [9.17, 15) is 10.1 Å². The van der Waals surface area contributed by atoms with Crippen LogP contribution >= 0.6 is 0 Å². The predicted molar refractivity (Wildman–Crippen MR) is 88.2 cm³/mol. The van der Waals surface area contributed by atoms with Gasteiger partial charge in [0.15, 0.2) is 0 Å². The highest BCUT2D eigenvalue weighted by molar-refractivity contribution is 5.68. The zero-order valence-electron chi connectivity index (χ0n) is 14.2. The number of carbonyl (C=O) groups excluding carboxylic acids is 1. The van der Waals surface area contributed by atoms with E-state index in [4.69, 9.17) is 4.74 Å². The van der Waals surface area contributed by atoms with Gasteiger partial charge in [0.1, 0.15) is 17.5 Å². The molecule has 0 spiro atoms. The minimum Gasteiger partial charge on any atom is -0.444 e. The summed E-state index contributed by atoms with van der Waals surface area (Å²) in [4.78, 5) is 20.2. The predicted octanol–water partition coefficient (Wildman–Crippen LogP) is 2.79. The number of nitrogens with zero attached hydrogens (tertiary/aromatic N) is 4. The highest BCUT2D eigenvalue weighted by atomic mass is 16.6. The first-order valence-electron chi connectivity index (χ1n) is 7.87. The first kappa shape index (κ1) is 17.1. The van der Waals surface area contributed by atoms with Crippen molar-refractivity contribution in [1.82, 2.24) is 9.88 Å². The lowest BCUT2D eigenvalue weighted by atomic mass is 10.0. The van der Waals surface area contributed by atoms with Crippen LogP contribution < -0.4 is 4.90 Å². The number of hydrogen-bond acceptors (Lipinski definition) is 5. The largest absolute Gasteiger partial charge is 0.444 e. The van der Waals surface area contributed by atoms with Crippen molar-refractivity contribution in [3.8, 4) is 6.07 Å². The standard InChI is InChI=1S/C17H24N4O2/c1-17(2,3)23-16(22)21-10-7-14(8-11-21)20(4)15-13(12-18)6-5-9-19-15/h5-6,9,14H,7-8,10-11H2,1-4H3. The number of likely N-dealkylation sites (tertiary alicyclic amines) is 1. The van der Waals surface area contributed by atoms with E-state index >= 15 is 0 Å². The molecular weight excluding hydrogens is 292 g/mol. The number of rotatable bonds is 2. The number of aromatic nitrogens is 1. The molecule has 1 aromatic heterocycles. The number of piperidine rings is 1. The summed E-state index contributed by atoms with van der Waals surface area (Å²) in [5.41, 5.74) is 0.102. The van der Waals surface area contributed by atoms with Crippen molar-refractivity contribution in [1.29, 1.82) is 5.26 Å². The molecule has 0 radical (unpaired) electrons. The Balaban J connectivity index is 1.96. The Kier molecular flexibility index (Phi) is 5.09. The van der Waals surface area contributed by atoms with E-state index in [0.29, 0.717) is 24.5 Å². The van der Waals surface area contributed by atoms with Crippen molar-refractivity contribution in [3.63, 3.8) is 0 Å². The highest BCUT2D eigenvalue weighted by Gasteiger charge is 2.29. The molecule has 0 bridgehead atoms. The lowest BCUT2D eigenvalue weighted by molar-refractivity contribution is 0.0205. The highest BCUT2D eigenvalue weighted by Crippen LogP contribution is 2.24. The molecule has 0 N–H and O–H groups in total. The molecule has 2 rings (SSSR count). The van der Waals surface area contributed by atoms with Gasteiger partial charge in [0.25, 0.3) is 0 Å². The molecule has 0 unspecified atom stereocenters. The number of pyridine rings is 1. The maximum atomic E-state index is 12.1. The maximum absolute atomic E-state index is 12.1. The zero-order valence-corrected chi connectivity index (χ0v) is 14.2. The topological polar surface area (TPSA) is 69.5 Å². The molecule has 1 fully saturated rings. The second-order valence-corrected chi connectivity index (χ2v) is 6.80. The zero-order chi connectivity index (χ0) is 17.0. The van der Waals surface area contributed by atoms with Crippen molar-refractivity contribution in [2.45, 2.75) is 45.3 Å². The van der Waals surface area contributed by atoms with E-state index in [1.54, 1.807) is 23.2 Å². The van der Waals surface area contributed by atoms with Crippen molar-refractivity contribution >= 4 is 11.9 Å². The van der Waals surface area contributed by atoms with Gasteiger partial charge in [-0.05, 0) is 45.7 Å². The fraction of sp³-hybridized carbons (Fsp3) is 0.588. The molecule has 0 aliphatic carbocycles. The summed E-state index contributed by atoms with van der Waals surface area (Å²) in [6.07, 6.45) is 3.10. The van der Waals surface area contributed by atoms with Gasteiger partial charge in [-0.25, -0.2) is 9.78 Å². The molecule has 2 heterocycles. The molecule has 1 aliphatic rings. The monoisotopic (exact) mass is 316 g/mol. The van der Waals surface area contributed by atoms with Gasteiger partial charge in [0, 0.05) is 32.4 Å². The average Bonchev–Trinajstić information content (AvgIpc) is 2.52. The molecule has 1 amide bonds. The van der Waals surface area contributed by atoms with Gasteiger partial charge >= 0.3 is 6.09 Å². The Hall–Kier alpha value is -2.29. The first-order chi connectivity index (χ1) is 10.8. The van der Waals surface area contributed by atoms with Crippen LogP contribution in [0.3, 0.4) is 0 Å². The van der Waals surface area contributed by atoms with Crippen LogP contribution in [0, 0.1) is 11.3 Å². The van der Waals surface area contributed by atoms with Crippen LogP contribution in [0.15, 0.2) is 18.3 Å². The molecule has 1 saturated heterocycles. The van der Waals surface area contributed by atoms with E-state index in [-0.39, 0.29) is 12.1 Å². The lowest BCUT2D eigenvalue weighted by Crippen LogP contribution is -2.47. The molecule has 6 nitrogen and oxygen atoms in total. The van der Waals surface area contributed by atoms with Gasteiger partial charge < -0.3 is 14.5 Å². The minimum absolute atomic E-state index is 0.255. The molecule has 0 aromatic carbocycles. The fourth-order valence-electron chi connectivity index (χ4n) is 2.70. The second-order valence-electron chi connectivity index (χ2n) is 6.80. The Bertz CT molecular complexity index is 595. The first-order valence-corrected chi connectivity index (χ1v) is 7.87. The fourth-order valence-corrected chi connectivity index (χ4v) is 2.70. The normalized spacial score (nSPS) is 15.9. The van der Waals surface area contributed by atoms with E-state index in [2.05, 4.69) is 11.1 Å². The second kappa shape index (κ2) is 6.86. The van der Waals surface area contributed by atoms with Crippen LogP contribution in [-0.4, -0.2) is 47.8 Å². The van der Waals surface area contributed by atoms with Crippen molar-refractivity contribution in [2.75, 3.05) is 25.0 Å². The summed E-state index contributed by atoms with van der Waals surface area (Å²) in [6, 6.07) is 5.98. The van der Waals surface area contributed by atoms with Gasteiger partial charge in [0.05, 0.1) is 5.56 Å². The summed E-state index contributed by atoms with van der Waals surface area (Å²) in [7, 11) is 1.96. The Morgan fingerprint density at radius 2 is 2.09 bits per heavy atom. The SMILES string of the molecule is CN(c1ncccc1C#N)C1CCN(C(=O)OC(C)(C)C)CC1. The van der Waals surface area contributed by atoms with E-state index in [1.807, 2.05) is 32.7 Å². The van der Waals surface area contributed by atoms with Crippen LogP contribution in [0.25, 0.3) is 0 Å². The third-order valence-electron chi connectivity index (χ3n) is 3.91. The maximum Gasteiger partial charge on any atom is 0.410 e. The minimum atomic E-state index is -0.472. The van der Waals surface area contributed by atoms with E-state index in [0.717, 1.165) is 12.8 Å². The third kappa shape index (κ3) is 4.35. The molecule has 124 valence electrons. The lowest BCUT2D eigenvalue weighted by Gasteiger charge is -2.37. The van der Waals surface area contributed by atoms with E-state index < -0.39 is 5.60 Å². The Morgan fingerprint density at radius 1 is 1.43 bits per heavy atom. The number of hydrogen-bond donors (Lipinski definition) is 0. The summed E-state index contributed by atoms with van der Waals surface area (Å²) < 4.78 is 5.41. The molecular formula is C17H24N4O2. The number of nitriles is 1. The van der Waals surface area contributed by atoms with Gasteiger partial charge in [-0.15, -0.1) is 0 Å². The quantitative estimate of drug-likeness (QED) is 0.839. The van der Waals surface area contributed by atoms with Crippen LogP contribution in [-0.2, 0) is 4.74 Å². The number of amides is 1. The van der Waals surface area contributed by atoms with Crippen molar-refractivity contribution in [2.24, 2.45) is 0 Å². The number of anilines is 1. The Labute approximate surface area is 137 Å². The van der Waals surface area contributed by atoms with Gasteiger partial charge in [-0.1, -0.05) is 0 Å². The van der Waals surface area contributed by atoms with Gasteiger partial charge in [-0.3, -0.25) is 0 Å². The summed E-state index contributed by atoms with van der Waals surface area (Å²) >= 11 is 0. The van der Waals surface area contributed by atoms with Crippen LogP contribution in [0.5, 0.6) is 0 Å². The Morgan fingerprint density at radius 3 is 2.65 bits per heavy atom. The molecule has 1 aliphatic heterocycles. The molecule has 1 aromatic rings. The molecule has 6 heteroatoms. The van der Waals surface area contributed by atoms with Crippen LogP contribution in [0.2, 0.25) is 0 Å². The summed E-state index contributed by atoms with van der Waals surface area (Å²) in [5, 5.41) is 9.20. The summed E-state index contributed by atoms with van der Waals surface area (Å²) in [6.45, 7) is 6.92. The number of ether oxygens (including phenoxy) is 1. The third-order valence-corrected chi connectivity index (χ3v) is 3.91. The molecule has 23 heavy (non-hydrogen) atoms. The van der Waals surface area contributed by atoms with Crippen LogP contribution in [0.1, 0.15) is 39.2 Å². The van der Waals surface area contributed by atoms with Crippen molar-refractivity contribution < 1.29 is 9.53 Å². The van der Waals surface area contributed by atoms with Crippen LogP contribution in [0.4, 0.5) is 10.6 Å². The summed E-state index contributed by atoms with van der Waals surface area (Å²) in [5.74, 6) is 0.700. The molecule has 0 atom stereocenters.